The number of ether oxygens (including phenoxy) is 1. The van der Waals surface area contributed by atoms with Crippen molar-refractivity contribution < 1.29 is 14.3 Å². The fourth-order valence-electron chi connectivity index (χ4n) is 3.15. The van der Waals surface area contributed by atoms with Crippen LogP contribution in [-0.2, 0) is 11.3 Å². The molecule has 4 unspecified atom stereocenters. The molecular formula is C16H27NO3. The Balaban J connectivity index is 1.59. The van der Waals surface area contributed by atoms with Crippen molar-refractivity contribution in [2.45, 2.75) is 51.9 Å². The smallest absolute Gasteiger partial charge is 0.129 e. The summed E-state index contributed by atoms with van der Waals surface area (Å²) in [6, 6.07) is 4.25. The molecule has 4 heteroatoms. The predicted molar refractivity (Wildman–Crippen MR) is 78.3 cm³/mol. The lowest BCUT2D eigenvalue weighted by atomic mass is 9.93. The highest BCUT2D eigenvalue weighted by atomic mass is 16.5. The van der Waals surface area contributed by atoms with Crippen LogP contribution >= 0.6 is 0 Å². The third-order valence-electron chi connectivity index (χ3n) is 4.50. The summed E-state index contributed by atoms with van der Waals surface area (Å²) < 4.78 is 10.6. The van der Waals surface area contributed by atoms with E-state index in [2.05, 4.69) is 19.2 Å². The fraction of sp³-hybridized carbons (Fsp3) is 0.750. The number of furan rings is 1. The normalized spacial score (nSPS) is 27.9. The van der Waals surface area contributed by atoms with E-state index in [9.17, 15) is 5.11 Å². The lowest BCUT2D eigenvalue weighted by Crippen LogP contribution is -2.39. The Labute approximate surface area is 121 Å². The minimum absolute atomic E-state index is 0.339. The Hall–Kier alpha value is -0.840. The van der Waals surface area contributed by atoms with Gasteiger partial charge in [0, 0.05) is 12.6 Å². The molecule has 1 aliphatic carbocycles. The molecule has 2 N–H and O–H groups in total. The molecule has 1 aliphatic rings. The highest BCUT2D eigenvalue weighted by Crippen LogP contribution is 2.33. The molecule has 0 radical (unpaired) electrons. The van der Waals surface area contributed by atoms with Gasteiger partial charge >= 0.3 is 0 Å². The largest absolute Gasteiger partial charge is 0.467 e. The van der Waals surface area contributed by atoms with E-state index >= 15 is 0 Å². The van der Waals surface area contributed by atoms with Crippen LogP contribution < -0.4 is 5.32 Å². The second-order valence-corrected chi connectivity index (χ2v) is 5.87. The molecule has 0 aliphatic heterocycles. The molecule has 4 nitrogen and oxygen atoms in total. The molecule has 4 atom stereocenters. The molecule has 1 aromatic heterocycles. The summed E-state index contributed by atoms with van der Waals surface area (Å²) in [6.07, 6.45) is 4.95. The van der Waals surface area contributed by atoms with Crippen LogP contribution in [0.5, 0.6) is 0 Å². The molecule has 114 valence electrons. The molecule has 20 heavy (non-hydrogen) atoms. The van der Waals surface area contributed by atoms with E-state index in [1.54, 1.807) is 6.26 Å². The highest BCUT2D eigenvalue weighted by Gasteiger charge is 2.31. The standard InChI is InChI=1S/C16H27NO3/c1-3-13-6-7-16(12(13)2)17-9-14(18)10-19-11-15-5-4-8-20-15/h4-5,8,12-14,16-18H,3,6-7,9-11H2,1-2H3. The summed E-state index contributed by atoms with van der Waals surface area (Å²) >= 11 is 0. The van der Waals surface area contributed by atoms with E-state index < -0.39 is 6.10 Å². The molecule has 1 saturated carbocycles. The molecule has 1 aromatic rings. The Morgan fingerprint density at radius 3 is 3.00 bits per heavy atom. The summed E-state index contributed by atoms with van der Waals surface area (Å²) in [4.78, 5) is 0. The number of aliphatic hydroxyl groups is 1. The van der Waals surface area contributed by atoms with Crippen molar-refractivity contribution in [2.24, 2.45) is 11.8 Å². The van der Waals surface area contributed by atoms with Crippen molar-refractivity contribution >= 4 is 0 Å². The molecule has 0 amide bonds. The first-order valence-corrected chi connectivity index (χ1v) is 7.72. The van der Waals surface area contributed by atoms with Gasteiger partial charge in [0.2, 0.25) is 0 Å². The fourth-order valence-corrected chi connectivity index (χ4v) is 3.15. The maximum atomic E-state index is 9.93. The Bertz CT molecular complexity index is 366. The van der Waals surface area contributed by atoms with Gasteiger partial charge in [-0.25, -0.2) is 0 Å². The quantitative estimate of drug-likeness (QED) is 0.769. The lowest BCUT2D eigenvalue weighted by Gasteiger charge is -2.22. The minimum Gasteiger partial charge on any atom is -0.467 e. The third kappa shape index (κ3) is 4.33. The van der Waals surface area contributed by atoms with Crippen LogP contribution in [0.2, 0.25) is 0 Å². The summed E-state index contributed by atoms with van der Waals surface area (Å²) in [5, 5.41) is 13.4. The van der Waals surface area contributed by atoms with Crippen LogP contribution in [0.1, 0.15) is 38.9 Å². The SMILES string of the molecule is CCC1CCC(NCC(O)COCc2ccco2)C1C. The monoisotopic (exact) mass is 281 g/mol. The maximum absolute atomic E-state index is 9.93. The first-order valence-electron chi connectivity index (χ1n) is 7.72. The van der Waals surface area contributed by atoms with Crippen molar-refractivity contribution in [3.63, 3.8) is 0 Å². The molecule has 0 bridgehead atoms. The average molecular weight is 281 g/mol. The van der Waals surface area contributed by atoms with Crippen molar-refractivity contribution in [3.05, 3.63) is 24.2 Å². The number of aliphatic hydroxyl groups excluding tert-OH is 1. The number of nitrogens with one attached hydrogen (secondary N) is 1. The van der Waals surface area contributed by atoms with Crippen molar-refractivity contribution in [1.29, 1.82) is 0 Å². The van der Waals surface area contributed by atoms with E-state index in [0.717, 1.165) is 11.7 Å². The van der Waals surface area contributed by atoms with E-state index in [1.807, 2.05) is 12.1 Å². The van der Waals surface area contributed by atoms with Crippen LogP contribution in [0.3, 0.4) is 0 Å². The Morgan fingerprint density at radius 2 is 2.35 bits per heavy atom. The molecule has 1 heterocycles. The zero-order valence-electron chi connectivity index (χ0n) is 12.5. The maximum Gasteiger partial charge on any atom is 0.129 e. The highest BCUT2D eigenvalue weighted by molar-refractivity contribution is 4.96. The lowest BCUT2D eigenvalue weighted by molar-refractivity contribution is 0.0209. The van der Waals surface area contributed by atoms with Crippen LogP contribution in [0.15, 0.2) is 22.8 Å². The molecule has 0 saturated heterocycles. The van der Waals surface area contributed by atoms with Gasteiger partial charge in [-0.05, 0) is 36.8 Å². The van der Waals surface area contributed by atoms with Crippen molar-refractivity contribution in [3.8, 4) is 0 Å². The van der Waals surface area contributed by atoms with Gasteiger partial charge in [-0.1, -0.05) is 20.3 Å². The zero-order valence-corrected chi connectivity index (χ0v) is 12.5. The van der Waals surface area contributed by atoms with Gasteiger partial charge in [-0.15, -0.1) is 0 Å². The van der Waals surface area contributed by atoms with Gasteiger partial charge < -0.3 is 19.6 Å². The van der Waals surface area contributed by atoms with Gasteiger partial charge in [-0.3, -0.25) is 0 Å². The van der Waals surface area contributed by atoms with E-state index in [4.69, 9.17) is 9.15 Å². The van der Waals surface area contributed by atoms with Gasteiger partial charge in [-0.2, -0.15) is 0 Å². The van der Waals surface area contributed by atoms with Gasteiger partial charge in [0.15, 0.2) is 0 Å². The van der Waals surface area contributed by atoms with Crippen LogP contribution in [-0.4, -0.2) is 30.4 Å². The van der Waals surface area contributed by atoms with Crippen molar-refractivity contribution in [1.82, 2.24) is 5.32 Å². The third-order valence-corrected chi connectivity index (χ3v) is 4.50. The van der Waals surface area contributed by atoms with Crippen molar-refractivity contribution in [2.75, 3.05) is 13.2 Å². The number of hydrogen-bond donors (Lipinski definition) is 2. The van der Waals surface area contributed by atoms with Gasteiger partial charge in [0.25, 0.3) is 0 Å². The van der Waals surface area contributed by atoms with Gasteiger partial charge in [0.05, 0.1) is 19.0 Å². The molecular weight excluding hydrogens is 254 g/mol. The predicted octanol–water partition coefficient (Wildman–Crippen LogP) is 2.57. The first kappa shape index (κ1) is 15.5. The topological polar surface area (TPSA) is 54.6 Å². The van der Waals surface area contributed by atoms with E-state index in [0.29, 0.717) is 31.7 Å². The van der Waals surface area contributed by atoms with E-state index in [-0.39, 0.29) is 0 Å². The van der Waals surface area contributed by atoms with E-state index in [1.165, 1.54) is 19.3 Å². The van der Waals surface area contributed by atoms with Gasteiger partial charge in [0.1, 0.15) is 12.4 Å². The number of rotatable bonds is 8. The summed E-state index contributed by atoms with van der Waals surface area (Å²) in [6.45, 7) is 5.94. The Kier molecular flexibility index (Phi) is 6.07. The Morgan fingerprint density at radius 1 is 1.50 bits per heavy atom. The first-order chi connectivity index (χ1) is 9.70. The molecule has 2 rings (SSSR count). The average Bonchev–Trinajstić information content (AvgIpc) is 3.06. The van der Waals surface area contributed by atoms with Crippen LogP contribution in [0.4, 0.5) is 0 Å². The molecule has 0 spiro atoms. The second kappa shape index (κ2) is 7.81. The summed E-state index contributed by atoms with van der Waals surface area (Å²) in [7, 11) is 0. The van der Waals surface area contributed by atoms with Crippen LogP contribution in [0, 0.1) is 11.8 Å². The van der Waals surface area contributed by atoms with Crippen LogP contribution in [0.25, 0.3) is 0 Å². The molecule has 1 fully saturated rings. The zero-order chi connectivity index (χ0) is 14.4. The number of hydrogen-bond acceptors (Lipinski definition) is 4. The minimum atomic E-state index is -0.460. The molecule has 0 aromatic carbocycles. The second-order valence-electron chi connectivity index (χ2n) is 5.87. The summed E-state index contributed by atoms with van der Waals surface area (Å²) in [5.41, 5.74) is 0. The summed E-state index contributed by atoms with van der Waals surface area (Å²) in [5.74, 6) is 2.33.